The molecule has 0 saturated heterocycles. The first-order valence-electron chi connectivity index (χ1n) is 6.51. The molecular formula is C14H21BrN2O2. The Morgan fingerprint density at radius 1 is 1.37 bits per heavy atom. The van der Waals surface area contributed by atoms with Crippen LogP contribution in [-0.4, -0.2) is 35.1 Å². The number of aliphatic hydroxyl groups is 1. The first kappa shape index (κ1) is 16.0. The van der Waals surface area contributed by atoms with E-state index in [1.165, 1.54) is 0 Å². The summed E-state index contributed by atoms with van der Waals surface area (Å²) in [5.74, 6) is -0.0873. The molecule has 0 spiro atoms. The summed E-state index contributed by atoms with van der Waals surface area (Å²) in [7, 11) is 0. The van der Waals surface area contributed by atoms with Crippen molar-refractivity contribution in [1.82, 2.24) is 4.90 Å². The van der Waals surface area contributed by atoms with Crippen molar-refractivity contribution in [2.24, 2.45) is 0 Å². The van der Waals surface area contributed by atoms with Crippen LogP contribution in [0.3, 0.4) is 0 Å². The number of nitrogen functional groups attached to an aromatic ring is 1. The van der Waals surface area contributed by atoms with Gasteiger partial charge in [0.05, 0.1) is 6.61 Å². The van der Waals surface area contributed by atoms with Crippen molar-refractivity contribution >= 4 is 27.5 Å². The highest BCUT2D eigenvalue weighted by molar-refractivity contribution is 9.10. The van der Waals surface area contributed by atoms with E-state index in [9.17, 15) is 4.79 Å². The van der Waals surface area contributed by atoms with Gasteiger partial charge in [0.25, 0.3) is 5.91 Å². The normalized spacial score (nSPS) is 10.8. The van der Waals surface area contributed by atoms with E-state index in [4.69, 9.17) is 10.8 Å². The van der Waals surface area contributed by atoms with Crippen LogP contribution in [0, 0.1) is 0 Å². The number of amides is 1. The molecule has 0 heterocycles. The topological polar surface area (TPSA) is 66.6 Å². The first-order valence-corrected chi connectivity index (χ1v) is 7.30. The van der Waals surface area contributed by atoms with E-state index in [0.717, 1.165) is 17.3 Å². The van der Waals surface area contributed by atoms with E-state index < -0.39 is 0 Å². The summed E-state index contributed by atoms with van der Waals surface area (Å²) in [4.78, 5) is 14.3. The maximum absolute atomic E-state index is 12.5. The SMILES string of the molecule is CCC(CC)N(CCO)C(=O)c1cc(N)cc(Br)c1. The molecule has 0 bridgehead atoms. The van der Waals surface area contributed by atoms with E-state index >= 15 is 0 Å². The monoisotopic (exact) mass is 328 g/mol. The molecule has 19 heavy (non-hydrogen) atoms. The third kappa shape index (κ3) is 4.21. The van der Waals surface area contributed by atoms with Gasteiger partial charge in [-0.2, -0.15) is 0 Å². The summed E-state index contributed by atoms with van der Waals surface area (Å²) in [6.07, 6.45) is 1.73. The Kier molecular flexibility index (Phi) is 6.31. The number of halogens is 1. The van der Waals surface area contributed by atoms with Gasteiger partial charge in [0.1, 0.15) is 0 Å². The Balaban J connectivity index is 3.04. The molecule has 1 amide bonds. The van der Waals surface area contributed by atoms with Crippen LogP contribution < -0.4 is 5.73 Å². The van der Waals surface area contributed by atoms with Gasteiger partial charge in [-0.15, -0.1) is 0 Å². The maximum atomic E-state index is 12.5. The zero-order valence-electron chi connectivity index (χ0n) is 11.4. The standard InChI is InChI=1S/C14H21BrN2O2/c1-3-13(4-2)17(5-6-18)14(19)10-7-11(15)9-12(16)8-10/h7-9,13,18H,3-6,16H2,1-2H3. The zero-order valence-corrected chi connectivity index (χ0v) is 13.0. The molecule has 0 atom stereocenters. The maximum Gasteiger partial charge on any atom is 0.254 e. The molecule has 106 valence electrons. The summed E-state index contributed by atoms with van der Waals surface area (Å²) in [6, 6.07) is 5.31. The highest BCUT2D eigenvalue weighted by Gasteiger charge is 2.22. The third-order valence-corrected chi connectivity index (χ3v) is 3.61. The number of hydrogen-bond acceptors (Lipinski definition) is 3. The Morgan fingerprint density at radius 3 is 2.47 bits per heavy atom. The number of carbonyl (C=O) groups excluding carboxylic acids is 1. The lowest BCUT2D eigenvalue weighted by molar-refractivity contribution is 0.0622. The van der Waals surface area contributed by atoms with E-state index in [1.807, 2.05) is 13.8 Å². The van der Waals surface area contributed by atoms with Crippen LogP contribution in [0.5, 0.6) is 0 Å². The zero-order chi connectivity index (χ0) is 14.4. The highest BCUT2D eigenvalue weighted by atomic mass is 79.9. The van der Waals surface area contributed by atoms with Crippen LogP contribution in [-0.2, 0) is 0 Å². The molecule has 0 saturated carbocycles. The van der Waals surface area contributed by atoms with Crippen LogP contribution in [0.15, 0.2) is 22.7 Å². The molecule has 1 rings (SSSR count). The predicted molar refractivity (Wildman–Crippen MR) is 81.0 cm³/mol. The lowest BCUT2D eigenvalue weighted by Crippen LogP contribution is -2.41. The number of hydrogen-bond donors (Lipinski definition) is 2. The number of nitrogens with zero attached hydrogens (tertiary/aromatic N) is 1. The van der Waals surface area contributed by atoms with E-state index in [1.54, 1.807) is 23.1 Å². The largest absolute Gasteiger partial charge is 0.399 e. The van der Waals surface area contributed by atoms with Gasteiger partial charge in [-0.1, -0.05) is 29.8 Å². The fourth-order valence-corrected chi connectivity index (χ4v) is 2.70. The van der Waals surface area contributed by atoms with Crippen LogP contribution in [0.25, 0.3) is 0 Å². The molecule has 4 nitrogen and oxygen atoms in total. The number of carbonyl (C=O) groups is 1. The smallest absolute Gasteiger partial charge is 0.254 e. The van der Waals surface area contributed by atoms with Gasteiger partial charge in [-0.3, -0.25) is 4.79 Å². The molecular weight excluding hydrogens is 308 g/mol. The van der Waals surface area contributed by atoms with Crippen molar-refractivity contribution in [3.05, 3.63) is 28.2 Å². The van der Waals surface area contributed by atoms with Crippen molar-refractivity contribution in [2.45, 2.75) is 32.7 Å². The fourth-order valence-electron chi connectivity index (χ4n) is 2.19. The minimum Gasteiger partial charge on any atom is -0.399 e. The Hall–Kier alpha value is -1.07. The Morgan fingerprint density at radius 2 is 2.00 bits per heavy atom. The van der Waals surface area contributed by atoms with Gasteiger partial charge in [0.2, 0.25) is 0 Å². The van der Waals surface area contributed by atoms with Crippen LogP contribution >= 0.6 is 15.9 Å². The van der Waals surface area contributed by atoms with Gasteiger partial charge in [0, 0.05) is 28.3 Å². The second-order valence-electron chi connectivity index (χ2n) is 4.47. The molecule has 0 radical (unpaired) electrons. The Bertz CT molecular complexity index is 413. The molecule has 0 aliphatic carbocycles. The van der Waals surface area contributed by atoms with Crippen molar-refractivity contribution in [3.8, 4) is 0 Å². The second-order valence-corrected chi connectivity index (χ2v) is 5.38. The lowest BCUT2D eigenvalue weighted by atomic mass is 10.1. The van der Waals surface area contributed by atoms with E-state index in [2.05, 4.69) is 15.9 Å². The van der Waals surface area contributed by atoms with Gasteiger partial charge >= 0.3 is 0 Å². The molecule has 0 fully saturated rings. The Labute approximate surface area is 122 Å². The number of aliphatic hydroxyl groups excluding tert-OH is 1. The second kappa shape index (κ2) is 7.50. The van der Waals surface area contributed by atoms with Crippen molar-refractivity contribution in [2.75, 3.05) is 18.9 Å². The van der Waals surface area contributed by atoms with Gasteiger partial charge in [-0.05, 0) is 31.0 Å². The van der Waals surface area contributed by atoms with Crippen LogP contribution in [0.1, 0.15) is 37.0 Å². The molecule has 1 aromatic carbocycles. The summed E-state index contributed by atoms with van der Waals surface area (Å²) < 4.78 is 0.782. The van der Waals surface area contributed by atoms with E-state index in [-0.39, 0.29) is 18.6 Å². The minimum absolute atomic E-state index is 0.0360. The van der Waals surface area contributed by atoms with Crippen molar-refractivity contribution in [1.29, 1.82) is 0 Å². The predicted octanol–water partition coefficient (Wildman–Crippen LogP) is 2.65. The number of rotatable bonds is 6. The molecule has 3 N–H and O–H groups in total. The quantitative estimate of drug-likeness (QED) is 0.789. The highest BCUT2D eigenvalue weighted by Crippen LogP contribution is 2.20. The number of benzene rings is 1. The molecule has 0 aliphatic heterocycles. The average Bonchev–Trinajstić information content (AvgIpc) is 2.37. The van der Waals surface area contributed by atoms with Crippen LogP contribution in [0.2, 0.25) is 0 Å². The fraction of sp³-hybridized carbons (Fsp3) is 0.500. The average molecular weight is 329 g/mol. The molecule has 5 heteroatoms. The van der Waals surface area contributed by atoms with Gasteiger partial charge in [-0.25, -0.2) is 0 Å². The molecule has 0 aromatic heterocycles. The molecule has 1 aromatic rings. The van der Waals surface area contributed by atoms with Gasteiger partial charge in [0.15, 0.2) is 0 Å². The molecule has 0 unspecified atom stereocenters. The summed E-state index contributed by atoms with van der Waals surface area (Å²) >= 11 is 3.34. The number of anilines is 1. The third-order valence-electron chi connectivity index (χ3n) is 3.15. The van der Waals surface area contributed by atoms with Crippen LogP contribution in [0.4, 0.5) is 5.69 Å². The summed E-state index contributed by atoms with van der Waals surface area (Å²) in [5, 5.41) is 9.15. The minimum atomic E-state index is -0.0873. The van der Waals surface area contributed by atoms with Crippen molar-refractivity contribution < 1.29 is 9.90 Å². The lowest BCUT2D eigenvalue weighted by Gasteiger charge is -2.30. The van der Waals surface area contributed by atoms with Crippen molar-refractivity contribution in [3.63, 3.8) is 0 Å². The van der Waals surface area contributed by atoms with Gasteiger partial charge < -0.3 is 15.7 Å². The van der Waals surface area contributed by atoms with E-state index in [0.29, 0.717) is 17.8 Å². The number of nitrogens with two attached hydrogens (primary N) is 1. The molecule has 0 aliphatic rings. The first-order chi connectivity index (χ1) is 9.03. The summed E-state index contributed by atoms with van der Waals surface area (Å²) in [6.45, 7) is 4.39. The summed E-state index contributed by atoms with van der Waals surface area (Å²) in [5.41, 5.74) is 6.86.